The number of halogens is 1. The minimum Gasteiger partial charge on any atom is -0.476 e. The summed E-state index contributed by atoms with van der Waals surface area (Å²) < 4.78 is 5.34. The van der Waals surface area contributed by atoms with Gasteiger partial charge in [-0.1, -0.05) is 11.6 Å². The fourth-order valence-corrected chi connectivity index (χ4v) is 1.24. The summed E-state index contributed by atoms with van der Waals surface area (Å²) in [4.78, 5) is 10.6. The first kappa shape index (κ1) is 11.3. The molecule has 0 saturated carbocycles. The Bertz CT molecular complexity index is 525. The lowest BCUT2D eigenvalue weighted by atomic mass is 10.3. The van der Waals surface area contributed by atoms with Crippen LogP contribution in [-0.4, -0.2) is 21.3 Å². The predicted molar refractivity (Wildman–Crippen MR) is 60.5 cm³/mol. The summed E-state index contributed by atoms with van der Waals surface area (Å²) in [6, 6.07) is 9.46. The second-order valence-corrected chi connectivity index (χ2v) is 3.55. The van der Waals surface area contributed by atoms with Crippen molar-refractivity contribution < 1.29 is 14.6 Å². The third-order valence-corrected chi connectivity index (χ3v) is 2.15. The molecule has 86 valence electrons. The van der Waals surface area contributed by atoms with Gasteiger partial charge in [-0.25, -0.2) is 4.79 Å². The predicted octanol–water partition coefficient (Wildman–Crippen LogP) is 2.62. The van der Waals surface area contributed by atoms with Gasteiger partial charge in [-0.2, -0.15) is 0 Å². The first-order chi connectivity index (χ1) is 8.15. The molecule has 2 aromatic rings. The summed E-state index contributed by atoms with van der Waals surface area (Å²) in [6.45, 7) is 0. The van der Waals surface area contributed by atoms with Crippen molar-refractivity contribution in [3.05, 3.63) is 47.1 Å². The molecule has 0 atom stereocenters. The lowest BCUT2D eigenvalue weighted by molar-refractivity contribution is 0.0689. The molecule has 0 bridgehead atoms. The quantitative estimate of drug-likeness (QED) is 0.907. The van der Waals surface area contributed by atoms with Crippen LogP contribution >= 0.6 is 11.6 Å². The fourth-order valence-electron chi connectivity index (χ4n) is 1.11. The van der Waals surface area contributed by atoms with E-state index in [1.54, 1.807) is 24.3 Å². The highest BCUT2D eigenvalue weighted by molar-refractivity contribution is 6.30. The van der Waals surface area contributed by atoms with Gasteiger partial charge in [0, 0.05) is 11.1 Å². The van der Waals surface area contributed by atoms with Crippen molar-refractivity contribution in [2.24, 2.45) is 0 Å². The number of benzene rings is 1. The molecule has 1 N–H and O–H groups in total. The molecule has 0 radical (unpaired) electrons. The van der Waals surface area contributed by atoms with Crippen molar-refractivity contribution >= 4 is 17.6 Å². The summed E-state index contributed by atoms with van der Waals surface area (Å²) >= 11 is 5.72. The van der Waals surface area contributed by atoms with Crippen LogP contribution in [0.2, 0.25) is 5.02 Å². The van der Waals surface area contributed by atoms with E-state index in [0.717, 1.165) is 0 Å². The Morgan fingerprint density at radius 1 is 1.12 bits per heavy atom. The van der Waals surface area contributed by atoms with E-state index < -0.39 is 5.97 Å². The highest BCUT2D eigenvalue weighted by Crippen LogP contribution is 2.20. The summed E-state index contributed by atoms with van der Waals surface area (Å²) in [5.74, 6) is -0.361. The zero-order valence-corrected chi connectivity index (χ0v) is 9.26. The number of hydrogen-bond acceptors (Lipinski definition) is 4. The molecule has 0 unspecified atom stereocenters. The van der Waals surface area contributed by atoms with E-state index in [0.29, 0.717) is 10.8 Å². The maximum absolute atomic E-state index is 10.6. The van der Waals surface area contributed by atoms with Gasteiger partial charge in [-0.05, 0) is 30.3 Å². The third-order valence-electron chi connectivity index (χ3n) is 1.90. The smallest absolute Gasteiger partial charge is 0.356 e. The number of rotatable bonds is 3. The number of aromatic nitrogens is 2. The largest absolute Gasteiger partial charge is 0.476 e. The highest BCUT2D eigenvalue weighted by Gasteiger charge is 2.06. The van der Waals surface area contributed by atoms with E-state index in [1.807, 2.05) is 0 Å². The number of carbonyl (C=O) groups is 1. The normalized spacial score (nSPS) is 9.94. The Labute approximate surface area is 102 Å². The number of carboxylic acids is 1. The molecular formula is C11H7ClN2O3. The zero-order valence-electron chi connectivity index (χ0n) is 8.50. The van der Waals surface area contributed by atoms with Gasteiger partial charge in [0.1, 0.15) is 5.75 Å². The van der Waals surface area contributed by atoms with Gasteiger partial charge in [0.15, 0.2) is 5.69 Å². The number of hydrogen-bond donors (Lipinski definition) is 1. The molecule has 0 aliphatic carbocycles. The van der Waals surface area contributed by atoms with E-state index in [9.17, 15) is 4.79 Å². The molecule has 1 aromatic heterocycles. The SMILES string of the molecule is O=C(O)c1ccc(Oc2ccc(Cl)cc2)nn1. The molecule has 0 amide bonds. The molecule has 17 heavy (non-hydrogen) atoms. The maximum Gasteiger partial charge on any atom is 0.356 e. The highest BCUT2D eigenvalue weighted by atomic mass is 35.5. The van der Waals surface area contributed by atoms with Crippen LogP contribution in [-0.2, 0) is 0 Å². The van der Waals surface area contributed by atoms with Crippen molar-refractivity contribution in [1.29, 1.82) is 0 Å². The Hall–Kier alpha value is -2.14. The van der Waals surface area contributed by atoms with Gasteiger partial charge in [0.05, 0.1) is 0 Å². The summed E-state index contributed by atoms with van der Waals surface area (Å²) in [5.41, 5.74) is -0.131. The van der Waals surface area contributed by atoms with E-state index in [-0.39, 0.29) is 11.6 Å². The summed E-state index contributed by atoms with van der Waals surface area (Å²) in [7, 11) is 0. The second kappa shape index (κ2) is 4.80. The van der Waals surface area contributed by atoms with E-state index in [4.69, 9.17) is 21.4 Å². The molecule has 2 rings (SSSR count). The number of ether oxygens (including phenoxy) is 1. The van der Waals surface area contributed by atoms with E-state index in [2.05, 4.69) is 10.2 Å². The van der Waals surface area contributed by atoms with Crippen molar-refractivity contribution in [2.75, 3.05) is 0 Å². The van der Waals surface area contributed by atoms with Crippen molar-refractivity contribution in [3.8, 4) is 11.6 Å². The number of carboxylic acid groups (broad SMARTS) is 1. The van der Waals surface area contributed by atoms with E-state index in [1.165, 1.54) is 12.1 Å². The van der Waals surface area contributed by atoms with Crippen LogP contribution in [0.25, 0.3) is 0 Å². The minimum atomic E-state index is -1.13. The lowest BCUT2D eigenvalue weighted by Crippen LogP contribution is -2.02. The van der Waals surface area contributed by atoms with Crippen molar-refractivity contribution in [1.82, 2.24) is 10.2 Å². The Morgan fingerprint density at radius 2 is 1.82 bits per heavy atom. The van der Waals surface area contributed by atoms with Crippen molar-refractivity contribution in [3.63, 3.8) is 0 Å². The molecule has 0 aliphatic heterocycles. The van der Waals surface area contributed by atoms with E-state index >= 15 is 0 Å². The van der Waals surface area contributed by atoms with Crippen LogP contribution in [0.1, 0.15) is 10.5 Å². The van der Waals surface area contributed by atoms with Gasteiger partial charge in [-0.15, -0.1) is 10.2 Å². The molecule has 1 aromatic carbocycles. The van der Waals surface area contributed by atoms with Gasteiger partial charge in [0.25, 0.3) is 0 Å². The summed E-state index contributed by atoms with van der Waals surface area (Å²) in [5, 5.41) is 16.4. The van der Waals surface area contributed by atoms with Gasteiger partial charge >= 0.3 is 5.97 Å². The third kappa shape index (κ3) is 2.92. The monoisotopic (exact) mass is 250 g/mol. The topological polar surface area (TPSA) is 72.3 Å². The van der Waals surface area contributed by atoms with Gasteiger partial charge < -0.3 is 9.84 Å². The van der Waals surface area contributed by atoms with Crippen molar-refractivity contribution in [2.45, 2.75) is 0 Å². The molecule has 5 nitrogen and oxygen atoms in total. The molecular weight excluding hydrogens is 244 g/mol. The molecule has 0 fully saturated rings. The number of aromatic carboxylic acids is 1. The Kier molecular flexibility index (Phi) is 3.20. The standard InChI is InChI=1S/C11H7ClN2O3/c12-7-1-3-8(4-2-7)17-10-6-5-9(11(15)16)13-14-10/h1-6H,(H,15,16). The second-order valence-electron chi connectivity index (χ2n) is 3.12. The molecule has 0 saturated heterocycles. The molecule has 0 spiro atoms. The minimum absolute atomic E-state index is 0.131. The average Bonchev–Trinajstić information content (AvgIpc) is 2.33. The van der Waals surface area contributed by atoms with Crippen LogP contribution in [0.4, 0.5) is 0 Å². The fraction of sp³-hybridized carbons (Fsp3) is 0. The molecule has 6 heteroatoms. The zero-order chi connectivity index (χ0) is 12.3. The molecule has 0 aliphatic rings. The first-order valence-corrected chi connectivity index (χ1v) is 5.03. The first-order valence-electron chi connectivity index (χ1n) is 4.65. The van der Waals surface area contributed by atoms with Crippen LogP contribution in [0.5, 0.6) is 11.6 Å². The van der Waals surface area contributed by atoms with Crippen LogP contribution in [0.3, 0.4) is 0 Å². The van der Waals surface area contributed by atoms with Crippen LogP contribution < -0.4 is 4.74 Å². The Balaban J connectivity index is 2.13. The summed E-state index contributed by atoms with van der Waals surface area (Å²) in [6.07, 6.45) is 0. The average molecular weight is 251 g/mol. The van der Waals surface area contributed by atoms with Crippen LogP contribution in [0, 0.1) is 0 Å². The maximum atomic E-state index is 10.6. The lowest BCUT2D eigenvalue weighted by Gasteiger charge is -2.03. The number of nitrogens with zero attached hydrogens (tertiary/aromatic N) is 2. The van der Waals surface area contributed by atoms with Crippen LogP contribution in [0.15, 0.2) is 36.4 Å². The van der Waals surface area contributed by atoms with Gasteiger partial charge in [0.2, 0.25) is 5.88 Å². The molecule has 1 heterocycles. The Morgan fingerprint density at radius 3 is 2.35 bits per heavy atom. The van der Waals surface area contributed by atoms with Gasteiger partial charge in [-0.3, -0.25) is 0 Å².